The Morgan fingerprint density at radius 2 is 1.85 bits per heavy atom. The number of hydrogen-bond acceptors (Lipinski definition) is 3. The van der Waals surface area contributed by atoms with Crippen LogP contribution in [0, 0.1) is 11.6 Å². The summed E-state index contributed by atoms with van der Waals surface area (Å²) in [6, 6.07) is 11.8. The zero-order chi connectivity index (χ0) is 19.0. The van der Waals surface area contributed by atoms with Gasteiger partial charge in [-0.15, -0.1) is 0 Å². The van der Waals surface area contributed by atoms with Crippen LogP contribution in [0.3, 0.4) is 0 Å². The summed E-state index contributed by atoms with van der Waals surface area (Å²) in [5, 5.41) is 3.78. The summed E-state index contributed by atoms with van der Waals surface area (Å²) in [6.45, 7) is 0. The molecule has 1 amide bonds. The van der Waals surface area contributed by atoms with Crippen molar-refractivity contribution in [1.29, 1.82) is 0 Å². The molecule has 0 atom stereocenters. The van der Waals surface area contributed by atoms with E-state index >= 15 is 0 Å². The maximum atomic E-state index is 13.7. The van der Waals surface area contributed by atoms with Gasteiger partial charge in [-0.3, -0.25) is 4.79 Å². The molecule has 0 saturated heterocycles. The molecule has 0 aliphatic heterocycles. The van der Waals surface area contributed by atoms with Gasteiger partial charge in [-0.1, -0.05) is 17.7 Å². The molecule has 2 aromatic heterocycles. The number of furan rings is 1. The second-order valence-electron chi connectivity index (χ2n) is 5.77. The molecular formula is C20H11ClF2N2O2. The van der Waals surface area contributed by atoms with Crippen molar-refractivity contribution in [2.75, 3.05) is 5.32 Å². The minimum absolute atomic E-state index is 0.154. The van der Waals surface area contributed by atoms with Gasteiger partial charge in [0.2, 0.25) is 0 Å². The quantitative estimate of drug-likeness (QED) is 0.494. The lowest BCUT2D eigenvalue weighted by Crippen LogP contribution is -2.16. The summed E-state index contributed by atoms with van der Waals surface area (Å²) in [6.07, 6.45) is 3.08. The number of fused-ring (bicyclic) bond motifs is 1. The predicted molar refractivity (Wildman–Crippen MR) is 98.8 cm³/mol. The molecule has 0 aliphatic rings. The van der Waals surface area contributed by atoms with Crippen LogP contribution in [0.2, 0.25) is 5.02 Å². The van der Waals surface area contributed by atoms with Crippen LogP contribution >= 0.6 is 11.6 Å². The molecule has 0 radical (unpaired) electrons. The second-order valence-corrected chi connectivity index (χ2v) is 6.18. The fourth-order valence-electron chi connectivity index (χ4n) is 2.72. The number of halogens is 3. The monoisotopic (exact) mass is 384 g/mol. The van der Waals surface area contributed by atoms with Crippen molar-refractivity contribution in [2.24, 2.45) is 0 Å². The Bertz CT molecular complexity index is 1140. The maximum Gasteiger partial charge on any atom is 0.262 e. The lowest BCUT2D eigenvalue weighted by atomic mass is 10.1. The molecule has 0 unspecified atom stereocenters. The second kappa shape index (κ2) is 6.81. The van der Waals surface area contributed by atoms with E-state index in [1.54, 1.807) is 24.5 Å². The van der Waals surface area contributed by atoms with Gasteiger partial charge < -0.3 is 9.73 Å². The summed E-state index contributed by atoms with van der Waals surface area (Å²) in [5.74, 6) is -2.65. The molecule has 4 nitrogen and oxygen atoms in total. The predicted octanol–water partition coefficient (Wildman–Crippen LogP) is 5.68. The Labute approximate surface area is 157 Å². The highest BCUT2D eigenvalue weighted by molar-refractivity contribution is 6.34. The largest absolute Gasteiger partial charge is 0.464 e. The number of amides is 1. The van der Waals surface area contributed by atoms with E-state index in [1.807, 2.05) is 6.07 Å². The summed E-state index contributed by atoms with van der Waals surface area (Å²) >= 11 is 6.31. The molecule has 0 spiro atoms. The van der Waals surface area contributed by atoms with Crippen molar-refractivity contribution < 1.29 is 18.0 Å². The van der Waals surface area contributed by atoms with Gasteiger partial charge in [-0.2, -0.15) is 0 Å². The molecule has 0 bridgehead atoms. The molecule has 4 aromatic rings. The van der Waals surface area contributed by atoms with Gasteiger partial charge in [0.1, 0.15) is 28.6 Å². The van der Waals surface area contributed by atoms with Gasteiger partial charge in [0.05, 0.1) is 6.26 Å². The zero-order valence-electron chi connectivity index (χ0n) is 13.7. The molecule has 134 valence electrons. The normalized spacial score (nSPS) is 10.9. The summed E-state index contributed by atoms with van der Waals surface area (Å²) in [7, 11) is 0. The molecule has 4 rings (SSSR count). The van der Waals surface area contributed by atoms with Crippen molar-refractivity contribution in [3.63, 3.8) is 0 Å². The van der Waals surface area contributed by atoms with E-state index in [2.05, 4.69) is 10.3 Å². The highest BCUT2D eigenvalue weighted by Crippen LogP contribution is 2.32. The van der Waals surface area contributed by atoms with Crippen molar-refractivity contribution >= 4 is 34.3 Å². The van der Waals surface area contributed by atoms with Crippen LogP contribution in [0.4, 0.5) is 14.6 Å². The lowest BCUT2D eigenvalue weighted by molar-refractivity contribution is 0.101. The molecule has 0 aliphatic carbocycles. The van der Waals surface area contributed by atoms with Crippen molar-refractivity contribution in [2.45, 2.75) is 0 Å². The minimum Gasteiger partial charge on any atom is -0.464 e. The van der Waals surface area contributed by atoms with E-state index in [0.29, 0.717) is 21.7 Å². The van der Waals surface area contributed by atoms with E-state index < -0.39 is 23.1 Å². The number of pyridine rings is 1. The fraction of sp³-hybridized carbons (Fsp3) is 0. The van der Waals surface area contributed by atoms with Crippen LogP contribution < -0.4 is 5.32 Å². The first-order chi connectivity index (χ1) is 13.0. The Morgan fingerprint density at radius 1 is 1.07 bits per heavy atom. The zero-order valence-corrected chi connectivity index (χ0v) is 14.4. The average Bonchev–Trinajstić information content (AvgIpc) is 3.09. The molecule has 1 N–H and O–H groups in total. The number of rotatable bonds is 3. The number of benzene rings is 2. The summed E-state index contributed by atoms with van der Waals surface area (Å²) in [5.41, 5.74) is 1.44. The Balaban J connectivity index is 1.60. The van der Waals surface area contributed by atoms with Crippen molar-refractivity contribution in [3.8, 4) is 11.1 Å². The SMILES string of the molecule is O=C(Nc1ccc(-c2cc3occc3cc2Cl)cn1)c1c(F)cccc1F. The Kier molecular flexibility index (Phi) is 4.33. The molecule has 27 heavy (non-hydrogen) atoms. The van der Waals surface area contributed by atoms with E-state index in [4.69, 9.17) is 16.0 Å². The first-order valence-electron chi connectivity index (χ1n) is 7.91. The first-order valence-corrected chi connectivity index (χ1v) is 8.29. The number of carbonyl (C=O) groups is 1. The molecule has 2 aromatic carbocycles. The van der Waals surface area contributed by atoms with Crippen molar-refractivity contribution in [3.05, 3.63) is 83.2 Å². The number of nitrogens with zero attached hydrogens (tertiary/aromatic N) is 1. The van der Waals surface area contributed by atoms with Gasteiger partial charge >= 0.3 is 0 Å². The highest BCUT2D eigenvalue weighted by Gasteiger charge is 2.17. The third-order valence-electron chi connectivity index (χ3n) is 4.05. The maximum absolute atomic E-state index is 13.7. The van der Waals surface area contributed by atoms with E-state index in [1.165, 1.54) is 18.3 Å². The van der Waals surface area contributed by atoms with Crippen LogP contribution in [0.1, 0.15) is 10.4 Å². The highest BCUT2D eigenvalue weighted by atomic mass is 35.5. The molecule has 0 fully saturated rings. The third kappa shape index (κ3) is 3.27. The fourth-order valence-corrected chi connectivity index (χ4v) is 3.00. The van der Waals surface area contributed by atoms with Crippen molar-refractivity contribution in [1.82, 2.24) is 4.98 Å². The topological polar surface area (TPSA) is 55.1 Å². The van der Waals surface area contributed by atoms with Crippen LogP contribution in [0.5, 0.6) is 0 Å². The van der Waals surface area contributed by atoms with Crippen LogP contribution in [-0.2, 0) is 0 Å². The van der Waals surface area contributed by atoms with E-state index in [9.17, 15) is 13.6 Å². The van der Waals surface area contributed by atoms with Gasteiger partial charge in [0.15, 0.2) is 0 Å². The number of carbonyl (C=O) groups excluding carboxylic acids is 1. The van der Waals surface area contributed by atoms with Crippen LogP contribution in [-0.4, -0.2) is 10.9 Å². The number of aromatic nitrogens is 1. The minimum atomic E-state index is -0.942. The summed E-state index contributed by atoms with van der Waals surface area (Å²) < 4.78 is 32.8. The van der Waals surface area contributed by atoms with E-state index in [0.717, 1.165) is 17.5 Å². The lowest BCUT2D eigenvalue weighted by Gasteiger charge is -2.08. The summed E-state index contributed by atoms with van der Waals surface area (Å²) in [4.78, 5) is 16.2. The van der Waals surface area contributed by atoms with Gasteiger partial charge in [-0.25, -0.2) is 13.8 Å². The Morgan fingerprint density at radius 3 is 2.56 bits per heavy atom. The van der Waals surface area contributed by atoms with Crippen LogP contribution in [0.25, 0.3) is 22.1 Å². The van der Waals surface area contributed by atoms with Crippen LogP contribution in [0.15, 0.2) is 65.4 Å². The van der Waals surface area contributed by atoms with E-state index in [-0.39, 0.29) is 5.82 Å². The van der Waals surface area contributed by atoms with Gasteiger partial charge in [-0.05, 0) is 42.5 Å². The Hall–Kier alpha value is -3.25. The standard InChI is InChI=1S/C20H11ClF2N2O2/c21-14-8-11-6-7-27-17(11)9-13(14)12-4-5-18(24-10-12)25-20(26)19-15(22)2-1-3-16(19)23/h1-10H,(H,24,25,26). The third-order valence-corrected chi connectivity index (χ3v) is 4.36. The van der Waals surface area contributed by atoms with Gasteiger partial charge in [0.25, 0.3) is 5.91 Å². The number of hydrogen-bond donors (Lipinski definition) is 1. The van der Waals surface area contributed by atoms with Gasteiger partial charge in [0, 0.05) is 27.7 Å². The molecular weight excluding hydrogens is 374 g/mol. The average molecular weight is 385 g/mol. The molecule has 0 saturated carbocycles. The smallest absolute Gasteiger partial charge is 0.262 e. The number of anilines is 1. The molecule has 7 heteroatoms. The first kappa shape index (κ1) is 17.2. The number of nitrogens with one attached hydrogen (secondary N) is 1. The molecule has 2 heterocycles.